The van der Waals surface area contributed by atoms with Gasteiger partial charge in [0.25, 0.3) is 6.17 Å². The van der Waals surface area contributed by atoms with Crippen molar-refractivity contribution < 1.29 is 9.53 Å². The minimum Gasteiger partial charge on any atom is -0.439 e. The van der Waals surface area contributed by atoms with Crippen LogP contribution in [-0.2, 0) is 11.2 Å². The molecule has 0 saturated carbocycles. The summed E-state index contributed by atoms with van der Waals surface area (Å²) in [5.74, 6) is 0.972. The van der Waals surface area contributed by atoms with Crippen LogP contribution in [0.25, 0.3) is 15.7 Å². The fraction of sp³-hybridized carbons (Fsp3) is 0.286. The molecule has 6 nitrogen and oxygen atoms in total. The molecule has 6 heteroatoms. The van der Waals surface area contributed by atoms with Crippen LogP contribution >= 0.6 is 0 Å². The number of carbonyl (C=O) groups excluding carboxylic acids is 1. The molecule has 3 aromatic rings. The fourth-order valence-electron chi connectivity index (χ4n) is 2.95. The molecule has 3 rings (SSSR count). The van der Waals surface area contributed by atoms with Crippen LogP contribution in [0.3, 0.4) is 0 Å². The lowest BCUT2D eigenvalue weighted by Gasteiger charge is -2.20. The monoisotopic (exact) mass is 362 g/mol. The Kier molecular flexibility index (Phi) is 5.41. The first-order chi connectivity index (χ1) is 13.0. The van der Waals surface area contributed by atoms with Gasteiger partial charge < -0.3 is 9.72 Å². The highest BCUT2D eigenvalue weighted by Gasteiger charge is 2.25. The summed E-state index contributed by atoms with van der Waals surface area (Å²) in [7, 11) is 1.68. The van der Waals surface area contributed by atoms with Gasteiger partial charge >= 0.3 is 0 Å². The molecular weight excluding hydrogens is 340 g/mol. The molecule has 1 N–H and O–H groups in total. The maximum absolute atomic E-state index is 12.6. The molecule has 0 fully saturated rings. The molecule has 0 aliphatic heterocycles. The molecule has 0 spiro atoms. The number of rotatable bonds is 6. The van der Waals surface area contributed by atoms with Crippen molar-refractivity contribution in [1.29, 1.82) is 0 Å². The van der Waals surface area contributed by atoms with Crippen molar-refractivity contribution >= 4 is 16.8 Å². The van der Waals surface area contributed by atoms with Gasteiger partial charge in [0.1, 0.15) is 5.75 Å². The molecule has 2 atom stereocenters. The van der Waals surface area contributed by atoms with Crippen LogP contribution in [0.4, 0.5) is 0 Å². The lowest BCUT2D eigenvalue weighted by atomic mass is 9.99. The molecule has 0 saturated heterocycles. The third-order valence-electron chi connectivity index (χ3n) is 4.64. The number of benzene rings is 1. The van der Waals surface area contributed by atoms with Crippen LogP contribution in [0.1, 0.15) is 19.4 Å². The molecule has 0 aliphatic rings. The number of nitrogens with one attached hydrogen (secondary N) is 1. The number of hydrogen-bond acceptors (Lipinski definition) is 3. The zero-order valence-electron chi connectivity index (χ0n) is 15.6. The van der Waals surface area contributed by atoms with Crippen molar-refractivity contribution in [1.82, 2.24) is 14.9 Å². The normalized spacial score (nSPS) is 13.0. The molecule has 0 radical (unpaired) electrons. The van der Waals surface area contributed by atoms with Crippen LogP contribution in [0.15, 0.2) is 48.8 Å². The maximum atomic E-state index is 12.6. The molecule has 2 aromatic heterocycles. The van der Waals surface area contributed by atoms with Crippen LogP contribution < -0.4 is 4.74 Å². The molecule has 1 aromatic carbocycles. The first-order valence-corrected chi connectivity index (χ1v) is 8.81. The summed E-state index contributed by atoms with van der Waals surface area (Å²) in [5, 5.41) is 1.02. The van der Waals surface area contributed by atoms with Gasteiger partial charge in [-0.25, -0.2) is 11.6 Å². The molecule has 1 amide bonds. The minimum absolute atomic E-state index is 0.0336. The summed E-state index contributed by atoms with van der Waals surface area (Å²) in [6.07, 6.45) is 3.74. The van der Waals surface area contributed by atoms with E-state index in [2.05, 4.69) is 14.8 Å². The van der Waals surface area contributed by atoms with Gasteiger partial charge in [-0.05, 0) is 36.2 Å². The smallest absolute Gasteiger partial charge is 0.297 e. The van der Waals surface area contributed by atoms with Gasteiger partial charge in [-0.15, -0.1) is 0 Å². The zero-order valence-corrected chi connectivity index (χ0v) is 15.6. The third-order valence-corrected chi connectivity index (χ3v) is 4.64. The molecule has 138 valence electrons. The molecular formula is C21H22N4O2. The number of pyridine rings is 1. The zero-order chi connectivity index (χ0) is 19.4. The summed E-state index contributed by atoms with van der Waals surface area (Å²) < 4.78 is 5.81. The van der Waals surface area contributed by atoms with E-state index in [9.17, 15) is 4.79 Å². The number of ether oxygens (including phenoxy) is 1. The van der Waals surface area contributed by atoms with E-state index in [0.29, 0.717) is 18.1 Å². The van der Waals surface area contributed by atoms with E-state index >= 15 is 0 Å². The number of amides is 1. The second-order valence-electron chi connectivity index (χ2n) is 6.61. The van der Waals surface area contributed by atoms with Crippen molar-refractivity contribution in [3.05, 3.63) is 65.8 Å². The van der Waals surface area contributed by atoms with Gasteiger partial charge in [0.05, 0.1) is 0 Å². The van der Waals surface area contributed by atoms with Gasteiger partial charge in [0.15, 0.2) is 0 Å². The van der Waals surface area contributed by atoms with E-state index in [4.69, 9.17) is 11.3 Å². The van der Waals surface area contributed by atoms with Gasteiger partial charge in [-0.3, -0.25) is 14.5 Å². The Morgan fingerprint density at radius 2 is 2.15 bits per heavy atom. The number of H-pyrrole nitrogens is 1. The Morgan fingerprint density at radius 3 is 2.85 bits per heavy atom. The number of fused-ring (bicyclic) bond motifs is 1. The molecule has 2 unspecified atom stereocenters. The van der Waals surface area contributed by atoms with E-state index in [1.807, 2.05) is 43.5 Å². The topological polar surface area (TPSA) is 62.6 Å². The number of hydrogen-bond donors (Lipinski definition) is 1. The van der Waals surface area contributed by atoms with Crippen molar-refractivity contribution in [3.63, 3.8) is 0 Å². The predicted molar refractivity (Wildman–Crippen MR) is 104 cm³/mol. The molecule has 0 aliphatic carbocycles. The van der Waals surface area contributed by atoms with Crippen molar-refractivity contribution in [2.45, 2.75) is 26.4 Å². The summed E-state index contributed by atoms with van der Waals surface area (Å²) in [4.78, 5) is 24.9. The first-order valence-electron chi connectivity index (χ1n) is 8.81. The largest absolute Gasteiger partial charge is 0.439 e. The highest BCUT2D eigenvalue weighted by molar-refractivity contribution is 5.86. The third kappa shape index (κ3) is 4.09. The van der Waals surface area contributed by atoms with Crippen LogP contribution in [0, 0.1) is 12.5 Å². The van der Waals surface area contributed by atoms with Gasteiger partial charge in [0.2, 0.25) is 11.8 Å². The molecule has 2 heterocycles. The second-order valence-corrected chi connectivity index (χ2v) is 6.61. The van der Waals surface area contributed by atoms with E-state index in [0.717, 1.165) is 16.5 Å². The summed E-state index contributed by atoms with van der Waals surface area (Å²) in [6, 6.07) is 11.3. The fourth-order valence-corrected chi connectivity index (χ4v) is 2.95. The average Bonchev–Trinajstić information content (AvgIpc) is 3.09. The Labute approximate surface area is 158 Å². The van der Waals surface area contributed by atoms with E-state index in [1.165, 1.54) is 4.90 Å². The standard InChI is InChI=1S/C21H22N4O2/c1-14(21(26)25(4)15(2)22-3)11-16-13-24-19-9-8-17(12-18(16)19)27-20-7-5-6-10-23-20/h5-10,12-15,24H,11H2,1-2,4H3. The number of aromatic amines is 1. The van der Waals surface area contributed by atoms with Crippen molar-refractivity contribution in [2.75, 3.05) is 7.05 Å². The predicted octanol–water partition coefficient (Wildman–Crippen LogP) is 4.26. The lowest BCUT2D eigenvalue weighted by molar-refractivity contribution is -0.134. The summed E-state index contributed by atoms with van der Waals surface area (Å²) in [6.45, 7) is 10.7. The van der Waals surface area contributed by atoms with Gasteiger partial charge in [-0.1, -0.05) is 13.0 Å². The molecule has 0 bridgehead atoms. The Morgan fingerprint density at radius 1 is 1.33 bits per heavy atom. The van der Waals surface area contributed by atoms with E-state index < -0.39 is 6.17 Å². The quantitative estimate of drug-likeness (QED) is 0.667. The Bertz CT molecular complexity index is 975. The van der Waals surface area contributed by atoms with Gasteiger partial charge in [0, 0.05) is 49.3 Å². The summed E-state index contributed by atoms with van der Waals surface area (Å²) >= 11 is 0. The number of nitrogens with zero attached hydrogens (tertiary/aromatic N) is 3. The Hall–Kier alpha value is -3.33. The van der Waals surface area contributed by atoms with Crippen LogP contribution in [-0.4, -0.2) is 34.0 Å². The second kappa shape index (κ2) is 7.92. The average molecular weight is 362 g/mol. The number of aromatic nitrogens is 2. The minimum atomic E-state index is -0.457. The maximum Gasteiger partial charge on any atom is 0.297 e. The van der Waals surface area contributed by atoms with Crippen molar-refractivity contribution in [3.8, 4) is 11.6 Å². The summed E-state index contributed by atoms with van der Waals surface area (Å²) in [5.41, 5.74) is 2.03. The highest BCUT2D eigenvalue weighted by atomic mass is 16.5. The van der Waals surface area contributed by atoms with E-state index in [1.54, 1.807) is 26.2 Å². The van der Waals surface area contributed by atoms with Crippen LogP contribution in [0.2, 0.25) is 0 Å². The van der Waals surface area contributed by atoms with Gasteiger partial charge in [-0.2, -0.15) is 0 Å². The molecule has 27 heavy (non-hydrogen) atoms. The SMILES string of the molecule is [C-]#[N+]C(C)N(C)C(=O)C(C)Cc1c[nH]c2ccc(Oc3ccccn3)cc12. The van der Waals surface area contributed by atoms with Crippen LogP contribution in [0.5, 0.6) is 11.6 Å². The lowest BCUT2D eigenvalue weighted by Crippen LogP contribution is -2.37. The highest BCUT2D eigenvalue weighted by Crippen LogP contribution is 2.28. The Balaban J connectivity index is 1.80. The first kappa shape index (κ1) is 18.5. The number of carbonyl (C=O) groups is 1. The van der Waals surface area contributed by atoms with E-state index in [-0.39, 0.29) is 11.8 Å². The van der Waals surface area contributed by atoms with Crippen molar-refractivity contribution in [2.24, 2.45) is 5.92 Å².